The summed E-state index contributed by atoms with van der Waals surface area (Å²) in [5.74, 6) is 7.44. The molecule has 0 saturated heterocycles. The van der Waals surface area contributed by atoms with Gasteiger partial charge in [-0.2, -0.15) is 0 Å². The molecule has 3 N–H and O–H groups in total. The van der Waals surface area contributed by atoms with Crippen LogP contribution in [0.15, 0.2) is 24.3 Å². The van der Waals surface area contributed by atoms with E-state index in [0.29, 0.717) is 57.6 Å². The molecule has 2 amide bonds. The molecule has 1 aromatic rings. The average Bonchev–Trinajstić information content (AvgIpc) is 2.70. The third-order valence-corrected chi connectivity index (χ3v) is 3.65. The van der Waals surface area contributed by atoms with E-state index < -0.39 is 0 Å². The Morgan fingerprint density at radius 2 is 1.61 bits per heavy atom. The quantitative estimate of drug-likeness (QED) is 0.145. The van der Waals surface area contributed by atoms with Gasteiger partial charge >= 0.3 is 51.4 Å². The number of rotatable bonds is 16. The maximum Gasteiger partial charge on any atom is 1.00 e. The van der Waals surface area contributed by atoms with Crippen LogP contribution in [0.2, 0.25) is 0 Å². The summed E-state index contributed by atoms with van der Waals surface area (Å²) in [6, 6.07) is 6.99. The first-order valence-electron chi connectivity index (χ1n) is 9.70. The molecule has 10 heteroatoms. The van der Waals surface area contributed by atoms with Crippen molar-refractivity contribution in [1.29, 1.82) is 0 Å². The minimum Gasteiger partial charge on any atom is -0.549 e. The SMILES string of the molecule is CC(C)CNC(=O)CCOCCOCCNC(=O)COc1ccc(CO[NH-])cc1.[CH3-].[K+]. The van der Waals surface area contributed by atoms with Crippen molar-refractivity contribution in [2.24, 2.45) is 5.92 Å². The maximum absolute atomic E-state index is 11.7. The van der Waals surface area contributed by atoms with Crippen molar-refractivity contribution in [2.45, 2.75) is 26.9 Å². The zero-order valence-electron chi connectivity index (χ0n) is 19.2. The van der Waals surface area contributed by atoms with Crippen LogP contribution in [0.25, 0.3) is 5.90 Å². The van der Waals surface area contributed by atoms with E-state index in [1.54, 1.807) is 24.3 Å². The monoisotopic (exact) mass is 464 g/mol. The second-order valence-electron chi connectivity index (χ2n) is 6.74. The largest absolute Gasteiger partial charge is 1.00 e. The molecule has 9 nitrogen and oxygen atoms in total. The summed E-state index contributed by atoms with van der Waals surface area (Å²) < 4.78 is 16.1. The molecule has 0 bridgehead atoms. The van der Waals surface area contributed by atoms with Crippen molar-refractivity contribution in [3.63, 3.8) is 0 Å². The molecule has 0 aromatic heterocycles. The molecule has 1 rings (SSSR count). The molecule has 0 aliphatic heterocycles. The number of hydrogen-bond donors (Lipinski definition) is 2. The van der Waals surface area contributed by atoms with E-state index in [1.165, 1.54) is 0 Å². The third kappa shape index (κ3) is 18.7. The average molecular weight is 465 g/mol. The number of carbonyl (C=O) groups is 2. The van der Waals surface area contributed by atoms with Crippen LogP contribution in [0.3, 0.4) is 0 Å². The van der Waals surface area contributed by atoms with Crippen molar-refractivity contribution in [3.05, 3.63) is 43.2 Å². The van der Waals surface area contributed by atoms with Gasteiger partial charge in [0.05, 0.1) is 33.0 Å². The van der Waals surface area contributed by atoms with E-state index in [9.17, 15) is 9.59 Å². The van der Waals surface area contributed by atoms with Gasteiger partial charge in [0.25, 0.3) is 5.91 Å². The molecule has 0 spiro atoms. The van der Waals surface area contributed by atoms with Crippen LogP contribution < -0.4 is 66.8 Å². The zero-order chi connectivity index (χ0) is 21.3. The fourth-order valence-corrected chi connectivity index (χ4v) is 2.12. The van der Waals surface area contributed by atoms with Gasteiger partial charge in [0.1, 0.15) is 5.75 Å². The molecule has 0 radical (unpaired) electrons. The van der Waals surface area contributed by atoms with Gasteiger partial charge in [-0.05, 0) is 23.6 Å². The van der Waals surface area contributed by atoms with Gasteiger partial charge in [0, 0.05) is 19.5 Å². The first kappa shape index (κ1) is 32.6. The Morgan fingerprint density at radius 3 is 2.23 bits per heavy atom. The molecule has 0 aliphatic carbocycles. The summed E-state index contributed by atoms with van der Waals surface area (Å²) in [6.45, 7) is 6.78. The molecule has 0 fully saturated rings. The number of amides is 2. The molecule has 0 heterocycles. The van der Waals surface area contributed by atoms with Crippen molar-refractivity contribution in [3.8, 4) is 5.75 Å². The smallest absolute Gasteiger partial charge is 0.549 e. The van der Waals surface area contributed by atoms with E-state index in [4.69, 9.17) is 20.1 Å². The number of nitrogens with one attached hydrogen (secondary N) is 3. The summed E-state index contributed by atoms with van der Waals surface area (Å²) in [4.78, 5) is 27.5. The molecule has 0 unspecified atom stereocenters. The Bertz CT molecular complexity index is 587. The molecule has 0 atom stereocenters. The Kier molecular flexibility index (Phi) is 22.4. The molecule has 172 valence electrons. The van der Waals surface area contributed by atoms with Crippen LogP contribution in [0.5, 0.6) is 5.75 Å². The van der Waals surface area contributed by atoms with Crippen LogP contribution in [-0.2, 0) is 30.5 Å². The van der Waals surface area contributed by atoms with Crippen molar-refractivity contribution >= 4 is 11.8 Å². The van der Waals surface area contributed by atoms with Crippen LogP contribution in [0.1, 0.15) is 25.8 Å². The summed E-state index contributed by atoms with van der Waals surface area (Å²) >= 11 is 0. The van der Waals surface area contributed by atoms with Gasteiger partial charge in [0.15, 0.2) is 6.61 Å². The minimum absolute atomic E-state index is 0. The molecule has 31 heavy (non-hydrogen) atoms. The van der Waals surface area contributed by atoms with Crippen molar-refractivity contribution in [2.75, 3.05) is 46.1 Å². The van der Waals surface area contributed by atoms with E-state index in [-0.39, 0.29) is 83.8 Å². The fraction of sp³-hybridized carbons (Fsp3) is 0.571. The van der Waals surface area contributed by atoms with E-state index in [1.807, 2.05) is 13.8 Å². The van der Waals surface area contributed by atoms with Crippen LogP contribution in [-0.4, -0.2) is 57.9 Å². The predicted octanol–water partition coefficient (Wildman–Crippen LogP) is -0.685. The Morgan fingerprint density at radius 1 is 0.968 bits per heavy atom. The standard InChI is InChI=1S/C20H32N3O6.CH3.K/c1-16(2)13-23-19(24)7-9-26-11-12-27-10-8-22-20(25)15-28-18-5-3-17(4-6-18)14-29-21;;/h3-6,16,21H,7-15H2,1-2H3,(H,22,25)(H,23,24);1H3;/q2*-1;+1. The molecule has 0 saturated carbocycles. The Labute approximate surface area is 228 Å². The number of benzene rings is 1. The van der Waals surface area contributed by atoms with Crippen LogP contribution in [0, 0.1) is 13.3 Å². The summed E-state index contributed by atoms with van der Waals surface area (Å²) in [6.07, 6.45) is 0.337. The van der Waals surface area contributed by atoms with Crippen LogP contribution in [0.4, 0.5) is 0 Å². The van der Waals surface area contributed by atoms with Gasteiger partial charge in [-0.3, -0.25) is 9.59 Å². The Balaban J connectivity index is 0. The van der Waals surface area contributed by atoms with Crippen molar-refractivity contribution < 1.29 is 80.0 Å². The maximum atomic E-state index is 11.7. The van der Waals surface area contributed by atoms with Gasteiger partial charge in [-0.25, -0.2) is 0 Å². The fourth-order valence-electron chi connectivity index (χ4n) is 2.12. The minimum atomic E-state index is -0.240. The zero-order valence-corrected chi connectivity index (χ0v) is 22.3. The van der Waals surface area contributed by atoms with Gasteiger partial charge < -0.3 is 43.0 Å². The van der Waals surface area contributed by atoms with Gasteiger partial charge in [-0.1, -0.05) is 26.0 Å². The summed E-state index contributed by atoms with van der Waals surface area (Å²) in [5, 5.41) is 5.52. The first-order valence-corrected chi connectivity index (χ1v) is 9.70. The molecular weight excluding hydrogens is 429 g/mol. The normalized spacial score (nSPS) is 10.1. The topological polar surface area (TPSA) is 119 Å². The first-order chi connectivity index (χ1) is 14.0. The molecule has 1 aromatic carbocycles. The van der Waals surface area contributed by atoms with E-state index in [2.05, 4.69) is 15.5 Å². The van der Waals surface area contributed by atoms with Gasteiger partial charge in [-0.15, -0.1) is 0 Å². The number of ether oxygens (including phenoxy) is 3. The van der Waals surface area contributed by atoms with Crippen molar-refractivity contribution in [1.82, 2.24) is 10.6 Å². The Hall–Kier alpha value is -0.564. The summed E-state index contributed by atoms with van der Waals surface area (Å²) in [5.41, 5.74) is 0.854. The molecular formula is C21H35KN3O6-. The van der Waals surface area contributed by atoms with E-state index >= 15 is 0 Å². The predicted molar refractivity (Wildman–Crippen MR) is 115 cm³/mol. The third-order valence-electron chi connectivity index (χ3n) is 3.65. The summed E-state index contributed by atoms with van der Waals surface area (Å²) in [7, 11) is 0. The number of carbonyl (C=O) groups excluding carboxylic acids is 2. The van der Waals surface area contributed by atoms with Crippen LogP contribution >= 0.6 is 0 Å². The second-order valence-corrected chi connectivity index (χ2v) is 6.74. The van der Waals surface area contributed by atoms with E-state index in [0.717, 1.165) is 5.56 Å². The second kappa shape index (κ2) is 21.3. The molecule has 0 aliphatic rings. The van der Waals surface area contributed by atoms with Gasteiger partial charge in [0.2, 0.25) is 5.91 Å². The number of hydrogen-bond acceptors (Lipinski definition) is 6.